The van der Waals surface area contributed by atoms with Gasteiger partial charge in [0.1, 0.15) is 0 Å². The molecule has 0 N–H and O–H groups in total. The van der Waals surface area contributed by atoms with Gasteiger partial charge in [-0.3, -0.25) is 0 Å². The maximum atomic E-state index is 8.56. The smallest absolute Gasteiger partial charge is 0.0908 e. The Morgan fingerprint density at radius 1 is 0.897 bits per heavy atom. The number of hydrogen-bond donors (Lipinski definition) is 0. The molecule has 3 rings (SSSR count). The molecule has 2 fully saturated rings. The van der Waals surface area contributed by atoms with Gasteiger partial charge >= 0.3 is 0 Å². The van der Waals surface area contributed by atoms with Crippen LogP contribution in [0.2, 0.25) is 0 Å². The largest absolute Gasteiger partial charge is 0.193 e. The first-order valence-electron chi connectivity index (χ1n) is 12.1. The monoisotopic (exact) mass is 389 g/mol. The second-order valence-corrected chi connectivity index (χ2v) is 9.38. The van der Waals surface area contributed by atoms with Crippen molar-refractivity contribution in [3.63, 3.8) is 0 Å². The number of allylic oxidation sites excluding steroid dienone is 4. The molecule has 1 heteroatoms. The van der Waals surface area contributed by atoms with Crippen LogP contribution >= 0.6 is 0 Å². The van der Waals surface area contributed by atoms with E-state index in [1.54, 1.807) is 11.6 Å². The van der Waals surface area contributed by atoms with E-state index < -0.39 is 0 Å². The van der Waals surface area contributed by atoms with Crippen LogP contribution in [0.1, 0.15) is 94.6 Å². The average Bonchev–Trinajstić information content (AvgIpc) is 2.77. The van der Waals surface area contributed by atoms with Crippen molar-refractivity contribution in [2.45, 2.75) is 89.9 Å². The lowest BCUT2D eigenvalue weighted by Crippen LogP contribution is -2.14. The topological polar surface area (TPSA) is 23.8 Å². The van der Waals surface area contributed by atoms with Crippen LogP contribution in [0, 0.1) is 29.1 Å². The first-order chi connectivity index (χ1) is 14.3. The maximum absolute atomic E-state index is 8.56. The molecule has 0 atom stereocenters. The van der Waals surface area contributed by atoms with E-state index >= 15 is 0 Å². The molecule has 2 saturated carbocycles. The number of nitrogens with zero attached hydrogens (tertiary/aromatic N) is 1. The summed E-state index contributed by atoms with van der Waals surface area (Å²) in [4.78, 5) is 0. The van der Waals surface area contributed by atoms with Crippen LogP contribution in [-0.4, -0.2) is 0 Å². The van der Waals surface area contributed by atoms with Gasteiger partial charge in [-0.15, -0.1) is 0 Å². The number of rotatable bonds is 8. The lowest BCUT2D eigenvalue weighted by atomic mass is 9.77. The van der Waals surface area contributed by atoms with E-state index in [0.29, 0.717) is 0 Å². The van der Waals surface area contributed by atoms with E-state index in [1.807, 2.05) is 6.08 Å². The van der Waals surface area contributed by atoms with Gasteiger partial charge in [0.05, 0.1) is 6.07 Å². The summed E-state index contributed by atoms with van der Waals surface area (Å²) in [6.07, 6.45) is 24.5. The van der Waals surface area contributed by atoms with Crippen molar-refractivity contribution in [3.8, 4) is 6.07 Å². The van der Waals surface area contributed by atoms with Crippen molar-refractivity contribution in [2.75, 3.05) is 0 Å². The Morgan fingerprint density at radius 3 is 2.10 bits per heavy atom. The first kappa shape index (κ1) is 21.9. The van der Waals surface area contributed by atoms with Gasteiger partial charge in [-0.05, 0) is 105 Å². The molecule has 0 spiro atoms. The van der Waals surface area contributed by atoms with E-state index in [4.69, 9.17) is 5.26 Å². The van der Waals surface area contributed by atoms with E-state index in [2.05, 4.69) is 49.4 Å². The van der Waals surface area contributed by atoms with Gasteiger partial charge in [-0.1, -0.05) is 55.8 Å². The second-order valence-electron chi connectivity index (χ2n) is 9.38. The Bertz CT molecular complexity index is 674. The molecule has 0 unspecified atom stereocenters. The summed E-state index contributed by atoms with van der Waals surface area (Å²) in [5.74, 6) is 3.27. The van der Waals surface area contributed by atoms with E-state index in [0.717, 1.165) is 30.1 Å². The Labute approximate surface area is 178 Å². The molecule has 29 heavy (non-hydrogen) atoms. The minimum atomic E-state index is 0.779. The summed E-state index contributed by atoms with van der Waals surface area (Å²) in [7, 11) is 0. The highest BCUT2D eigenvalue weighted by atomic mass is 14.3. The van der Waals surface area contributed by atoms with Crippen molar-refractivity contribution in [2.24, 2.45) is 17.8 Å². The second kappa shape index (κ2) is 12.0. The minimum Gasteiger partial charge on any atom is -0.193 e. The summed E-state index contributed by atoms with van der Waals surface area (Å²) in [5.41, 5.74) is 3.05. The van der Waals surface area contributed by atoms with Crippen LogP contribution in [0.25, 0.3) is 0 Å². The highest BCUT2D eigenvalue weighted by Gasteiger charge is 2.22. The molecule has 2 aliphatic rings. The van der Waals surface area contributed by atoms with Crippen molar-refractivity contribution in [1.82, 2.24) is 0 Å². The van der Waals surface area contributed by atoms with Gasteiger partial charge in [0.15, 0.2) is 0 Å². The van der Waals surface area contributed by atoms with E-state index in [1.165, 1.54) is 76.2 Å². The molecule has 1 nitrogen and oxygen atoms in total. The molecule has 0 radical (unpaired) electrons. The van der Waals surface area contributed by atoms with Crippen LogP contribution in [0.4, 0.5) is 0 Å². The molecule has 1 aromatic carbocycles. The zero-order chi connectivity index (χ0) is 20.3. The zero-order valence-electron chi connectivity index (χ0n) is 18.4. The quantitative estimate of drug-likeness (QED) is 0.325. The van der Waals surface area contributed by atoms with Crippen LogP contribution in [0.15, 0.2) is 48.6 Å². The van der Waals surface area contributed by atoms with E-state index in [9.17, 15) is 0 Å². The lowest BCUT2D eigenvalue weighted by molar-refractivity contribution is 0.295. The summed E-state index contributed by atoms with van der Waals surface area (Å²) in [6.45, 7) is 2.25. The number of benzene rings is 1. The third kappa shape index (κ3) is 7.18. The van der Waals surface area contributed by atoms with Gasteiger partial charge < -0.3 is 0 Å². The predicted molar refractivity (Wildman–Crippen MR) is 124 cm³/mol. The molecule has 2 aliphatic carbocycles. The van der Waals surface area contributed by atoms with Gasteiger partial charge in [0, 0.05) is 6.08 Å². The molecule has 0 bridgehead atoms. The highest BCUT2D eigenvalue weighted by molar-refractivity contribution is 5.26. The number of hydrogen-bond acceptors (Lipinski definition) is 1. The molecule has 0 aromatic heterocycles. The third-order valence-electron chi connectivity index (χ3n) is 7.24. The van der Waals surface area contributed by atoms with Crippen molar-refractivity contribution >= 4 is 0 Å². The summed E-state index contributed by atoms with van der Waals surface area (Å²) in [5, 5.41) is 8.56. The Balaban J connectivity index is 1.36. The average molecular weight is 390 g/mol. The van der Waals surface area contributed by atoms with Gasteiger partial charge in [0.2, 0.25) is 0 Å². The molecule has 0 aliphatic heterocycles. The fourth-order valence-corrected chi connectivity index (χ4v) is 5.34. The molecule has 0 saturated heterocycles. The Kier molecular flexibility index (Phi) is 9.07. The molecule has 0 amide bonds. The summed E-state index contributed by atoms with van der Waals surface area (Å²) in [6, 6.07) is 11.6. The molecule has 0 heterocycles. The Morgan fingerprint density at radius 2 is 1.52 bits per heavy atom. The fraction of sp³-hybridized carbons (Fsp3) is 0.607. The Hall–Kier alpha value is -1.81. The third-order valence-corrected chi connectivity index (χ3v) is 7.24. The van der Waals surface area contributed by atoms with Crippen LogP contribution < -0.4 is 0 Å². The normalized spacial score (nSPS) is 28.0. The van der Waals surface area contributed by atoms with E-state index in [-0.39, 0.29) is 0 Å². The zero-order valence-corrected chi connectivity index (χ0v) is 18.4. The fourth-order valence-electron chi connectivity index (χ4n) is 5.34. The van der Waals surface area contributed by atoms with Gasteiger partial charge in [-0.25, -0.2) is 0 Å². The van der Waals surface area contributed by atoms with Gasteiger partial charge in [0.25, 0.3) is 0 Å². The van der Waals surface area contributed by atoms with Crippen molar-refractivity contribution < 1.29 is 0 Å². The SMILES string of the molecule is CCCc1ccc([C@H]2CC[C@H](/C=C/[C@H]3CC[C@H](CCC=CC#N)CC3)CC2)cc1. The van der Waals surface area contributed by atoms with Gasteiger partial charge in [-0.2, -0.15) is 5.26 Å². The lowest BCUT2D eigenvalue weighted by Gasteiger charge is -2.29. The predicted octanol–water partition coefficient (Wildman–Crippen LogP) is 8.14. The van der Waals surface area contributed by atoms with Crippen LogP contribution in [0.5, 0.6) is 0 Å². The molecule has 1 aromatic rings. The summed E-state index contributed by atoms with van der Waals surface area (Å²) >= 11 is 0. The summed E-state index contributed by atoms with van der Waals surface area (Å²) < 4.78 is 0. The molecule has 156 valence electrons. The first-order valence-corrected chi connectivity index (χ1v) is 12.1. The molecular weight excluding hydrogens is 350 g/mol. The standard InChI is InChI=1S/C28H39N/c1-2-6-23-14-18-27(19-15-23)28-20-16-26(17-21-28)13-12-25-10-8-24(9-11-25)7-4-3-5-22-29/h3,5,12-15,18-19,24-26,28H,2,4,6-11,16-17,20-21H2,1H3/b5-3?,13-12+/t24-,25-,26-,28-. The maximum Gasteiger partial charge on any atom is 0.0908 e. The van der Waals surface area contributed by atoms with Crippen molar-refractivity contribution in [3.05, 3.63) is 59.7 Å². The number of aryl methyl sites for hydroxylation is 1. The van der Waals surface area contributed by atoms with Crippen LogP contribution in [-0.2, 0) is 6.42 Å². The number of nitriles is 1. The highest BCUT2D eigenvalue weighted by Crippen LogP contribution is 2.37. The van der Waals surface area contributed by atoms with Crippen LogP contribution in [0.3, 0.4) is 0 Å². The molecular formula is C28H39N. The minimum absolute atomic E-state index is 0.779. The van der Waals surface area contributed by atoms with Crippen molar-refractivity contribution in [1.29, 1.82) is 5.26 Å².